The fourth-order valence-electron chi connectivity index (χ4n) is 1.53. The number of hydrogen-bond donors (Lipinski definition) is 2. The van der Waals surface area contributed by atoms with Crippen LogP contribution in [0.4, 0.5) is 5.95 Å². The summed E-state index contributed by atoms with van der Waals surface area (Å²) in [7, 11) is 0. The number of nitrogen functional groups attached to an aromatic ring is 1. The normalized spacial score (nSPS) is 10.5. The first-order valence-electron chi connectivity index (χ1n) is 5.28. The summed E-state index contributed by atoms with van der Waals surface area (Å²) in [5.74, 6) is 7.09. The third-order valence-corrected chi connectivity index (χ3v) is 2.54. The minimum atomic E-state index is 0.320. The summed E-state index contributed by atoms with van der Waals surface area (Å²) in [4.78, 5) is 12.4. The molecule has 0 atom stereocenters. The summed E-state index contributed by atoms with van der Waals surface area (Å²) in [5.41, 5.74) is 2.39. The van der Waals surface area contributed by atoms with Crippen molar-refractivity contribution in [2.24, 2.45) is 5.84 Å². The molecule has 90 valence electrons. The van der Waals surface area contributed by atoms with Gasteiger partial charge in [-0.05, 0) is 6.42 Å². The van der Waals surface area contributed by atoms with E-state index in [9.17, 15) is 0 Å². The number of imidazole rings is 1. The minimum absolute atomic E-state index is 0.320. The van der Waals surface area contributed by atoms with Gasteiger partial charge in [-0.15, -0.1) is 0 Å². The summed E-state index contributed by atoms with van der Waals surface area (Å²) in [6.45, 7) is 2.09. The highest BCUT2D eigenvalue weighted by molar-refractivity contribution is 6.32. The van der Waals surface area contributed by atoms with Crippen LogP contribution in [-0.2, 0) is 6.42 Å². The summed E-state index contributed by atoms with van der Waals surface area (Å²) < 4.78 is 1.84. The third-order valence-electron chi connectivity index (χ3n) is 2.27. The Kier molecular flexibility index (Phi) is 3.55. The quantitative estimate of drug-likeness (QED) is 0.637. The second kappa shape index (κ2) is 5.11. The lowest BCUT2D eigenvalue weighted by atomic mass is 10.3. The number of nitrogens with one attached hydrogen (secondary N) is 1. The number of anilines is 1. The number of halogens is 1. The summed E-state index contributed by atoms with van der Waals surface area (Å²) in [6.07, 6.45) is 6.91. The molecule has 2 aromatic heterocycles. The third kappa shape index (κ3) is 2.37. The van der Waals surface area contributed by atoms with Crippen molar-refractivity contribution in [1.29, 1.82) is 0 Å². The predicted octanol–water partition coefficient (Wildman–Crippen LogP) is 1.55. The number of nitrogens with zero attached hydrogens (tertiary/aromatic N) is 4. The average Bonchev–Trinajstić information content (AvgIpc) is 2.78. The minimum Gasteiger partial charge on any atom is -0.292 e. The van der Waals surface area contributed by atoms with E-state index < -0.39 is 0 Å². The number of rotatable bonds is 4. The van der Waals surface area contributed by atoms with Crippen molar-refractivity contribution < 1.29 is 0 Å². The van der Waals surface area contributed by atoms with Gasteiger partial charge in [0.05, 0.1) is 6.20 Å². The molecule has 0 aliphatic rings. The van der Waals surface area contributed by atoms with Gasteiger partial charge in [-0.3, -0.25) is 9.99 Å². The van der Waals surface area contributed by atoms with Crippen LogP contribution < -0.4 is 11.3 Å². The van der Waals surface area contributed by atoms with Gasteiger partial charge in [-0.25, -0.2) is 15.8 Å². The fourth-order valence-corrected chi connectivity index (χ4v) is 1.71. The molecular formula is C10H13ClN6. The lowest BCUT2D eigenvalue weighted by Gasteiger charge is -2.09. The molecule has 0 radical (unpaired) electrons. The Balaban J connectivity index is 2.47. The van der Waals surface area contributed by atoms with Crippen molar-refractivity contribution in [2.45, 2.75) is 19.8 Å². The van der Waals surface area contributed by atoms with Gasteiger partial charge >= 0.3 is 0 Å². The molecule has 0 saturated carbocycles. The lowest BCUT2D eigenvalue weighted by molar-refractivity contribution is 0.796. The van der Waals surface area contributed by atoms with Gasteiger partial charge < -0.3 is 0 Å². The predicted molar refractivity (Wildman–Crippen MR) is 66.0 cm³/mol. The van der Waals surface area contributed by atoms with Crippen LogP contribution in [0.15, 0.2) is 18.6 Å². The molecule has 0 bridgehead atoms. The number of nitrogens with two attached hydrogens (primary N) is 1. The van der Waals surface area contributed by atoms with Crippen LogP contribution in [0.25, 0.3) is 5.82 Å². The van der Waals surface area contributed by atoms with Crippen molar-refractivity contribution in [3.8, 4) is 5.82 Å². The van der Waals surface area contributed by atoms with Crippen molar-refractivity contribution >= 4 is 17.5 Å². The molecular weight excluding hydrogens is 240 g/mol. The maximum atomic E-state index is 6.07. The Bertz CT molecular complexity index is 509. The summed E-state index contributed by atoms with van der Waals surface area (Å²) >= 11 is 6.07. The number of hydrogen-bond acceptors (Lipinski definition) is 5. The van der Waals surface area contributed by atoms with Gasteiger partial charge in [0.1, 0.15) is 10.8 Å². The maximum absolute atomic E-state index is 6.07. The monoisotopic (exact) mass is 252 g/mol. The van der Waals surface area contributed by atoms with Gasteiger partial charge in [-0.2, -0.15) is 4.98 Å². The van der Waals surface area contributed by atoms with Crippen LogP contribution in [0.2, 0.25) is 5.02 Å². The van der Waals surface area contributed by atoms with Crippen LogP contribution in [0.3, 0.4) is 0 Å². The first-order valence-corrected chi connectivity index (χ1v) is 5.65. The van der Waals surface area contributed by atoms with Gasteiger partial charge in [0, 0.05) is 18.8 Å². The van der Waals surface area contributed by atoms with Crippen LogP contribution >= 0.6 is 11.6 Å². The molecule has 7 heteroatoms. The van der Waals surface area contributed by atoms with E-state index in [0.717, 1.165) is 18.7 Å². The Morgan fingerprint density at radius 1 is 1.47 bits per heavy atom. The Hall–Kier alpha value is -1.66. The SMILES string of the molecule is CCCc1nccn1-c1nc(NN)ncc1Cl. The van der Waals surface area contributed by atoms with Crippen LogP contribution in [-0.4, -0.2) is 19.5 Å². The van der Waals surface area contributed by atoms with E-state index in [1.54, 1.807) is 6.20 Å². The highest BCUT2D eigenvalue weighted by Gasteiger charge is 2.10. The largest absolute Gasteiger partial charge is 0.292 e. The van der Waals surface area contributed by atoms with E-state index in [0.29, 0.717) is 16.8 Å². The van der Waals surface area contributed by atoms with E-state index in [1.165, 1.54) is 6.20 Å². The Morgan fingerprint density at radius 3 is 3.00 bits per heavy atom. The topological polar surface area (TPSA) is 81.7 Å². The molecule has 2 rings (SSSR count). The summed E-state index contributed by atoms with van der Waals surface area (Å²) in [5, 5.41) is 0.458. The van der Waals surface area contributed by atoms with Gasteiger partial charge in [-0.1, -0.05) is 18.5 Å². The number of aryl methyl sites for hydroxylation is 1. The van der Waals surface area contributed by atoms with Crippen molar-refractivity contribution in [1.82, 2.24) is 19.5 Å². The second-order valence-corrected chi connectivity index (χ2v) is 3.88. The van der Waals surface area contributed by atoms with E-state index in [4.69, 9.17) is 17.4 Å². The van der Waals surface area contributed by atoms with Crippen LogP contribution in [0, 0.1) is 0 Å². The molecule has 0 aromatic carbocycles. The molecule has 0 fully saturated rings. The Labute approximate surface area is 104 Å². The molecule has 17 heavy (non-hydrogen) atoms. The Morgan fingerprint density at radius 2 is 2.29 bits per heavy atom. The smallest absolute Gasteiger partial charge is 0.239 e. The van der Waals surface area contributed by atoms with E-state index in [-0.39, 0.29) is 0 Å². The molecule has 0 amide bonds. The molecule has 0 unspecified atom stereocenters. The molecule has 6 nitrogen and oxygen atoms in total. The molecule has 0 aliphatic carbocycles. The molecule has 2 aromatic rings. The van der Waals surface area contributed by atoms with E-state index in [1.807, 2.05) is 10.8 Å². The van der Waals surface area contributed by atoms with Gasteiger partial charge in [0.2, 0.25) is 5.95 Å². The molecule has 2 heterocycles. The van der Waals surface area contributed by atoms with Crippen LogP contribution in [0.1, 0.15) is 19.2 Å². The van der Waals surface area contributed by atoms with Crippen molar-refractivity contribution in [3.05, 3.63) is 29.4 Å². The number of aromatic nitrogens is 4. The number of hydrazine groups is 1. The fraction of sp³-hybridized carbons (Fsp3) is 0.300. The first kappa shape index (κ1) is 11.8. The average molecular weight is 253 g/mol. The summed E-state index contributed by atoms with van der Waals surface area (Å²) in [6, 6.07) is 0. The molecule has 3 N–H and O–H groups in total. The zero-order valence-electron chi connectivity index (χ0n) is 9.39. The van der Waals surface area contributed by atoms with Gasteiger partial charge in [0.25, 0.3) is 0 Å². The highest BCUT2D eigenvalue weighted by atomic mass is 35.5. The zero-order valence-corrected chi connectivity index (χ0v) is 10.1. The lowest BCUT2D eigenvalue weighted by Crippen LogP contribution is -2.12. The molecule has 0 spiro atoms. The van der Waals surface area contributed by atoms with Crippen molar-refractivity contribution in [2.75, 3.05) is 5.43 Å². The van der Waals surface area contributed by atoms with Crippen molar-refractivity contribution in [3.63, 3.8) is 0 Å². The molecule has 0 saturated heterocycles. The van der Waals surface area contributed by atoms with Crippen LogP contribution in [0.5, 0.6) is 0 Å². The zero-order chi connectivity index (χ0) is 12.3. The van der Waals surface area contributed by atoms with E-state index >= 15 is 0 Å². The second-order valence-electron chi connectivity index (χ2n) is 3.47. The van der Waals surface area contributed by atoms with Gasteiger partial charge in [0.15, 0.2) is 5.82 Å². The highest BCUT2D eigenvalue weighted by Crippen LogP contribution is 2.20. The molecule has 0 aliphatic heterocycles. The standard InChI is InChI=1S/C10H13ClN6/c1-2-3-8-13-4-5-17(8)9-7(11)6-14-10(15-9)16-12/h4-6H,2-3,12H2,1H3,(H,14,15,16). The maximum Gasteiger partial charge on any atom is 0.239 e. The van der Waals surface area contributed by atoms with E-state index in [2.05, 4.69) is 27.3 Å². The first-order chi connectivity index (χ1) is 8.26.